The summed E-state index contributed by atoms with van der Waals surface area (Å²) in [6.07, 6.45) is 1.74. The summed E-state index contributed by atoms with van der Waals surface area (Å²) in [4.78, 5) is 7.74. The summed E-state index contributed by atoms with van der Waals surface area (Å²) in [6.45, 7) is 0.116. The lowest BCUT2D eigenvalue weighted by atomic mass is 10.1. The van der Waals surface area contributed by atoms with Crippen LogP contribution in [0.1, 0.15) is 5.56 Å². The average molecular weight is 524 g/mol. The highest BCUT2D eigenvalue weighted by atomic mass is 79.9. The third-order valence-electron chi connectivity index (χ3n) is 4.55. The smallest absolute Gasteiger partial charge is 0.137 e. The molecule has 4 rings (SSSR count). The van der Waals surface area contributed by atoms with Gasteiger partial charge in [-0.3, -0.25) is 0 Å². The van der Waals surface area contributed by atoms with E-state index in [0.717, 1.165) is 16.8 Å². The van der Waals surface area contributed by atoms with Crippen LogP contribution in [0.5, 0.6) is 11.5 Å². The zero-order chi connectivity index (χ0) is 21.1. The molecule has 1 aromatic heterocycles. The molecule has 0 unspecified atom stereocenters. The van der Waals surface area contributed by atoms with E-state index in [9.17, 15) is 4.39 Å². The Kier molecular flexibility index (Phi) is 7.59. The molecular weight excluding hydrogens is 506 g/mol. The molecule has 4 aromatic rings. The molecule has 8 heteroatoms. The molecule has 1 N–H and O–H groups in total. The molecule has 0 radical (unpaired) electrons. The average Bonchev–Trinajstić information content (AvgIpc) is 3.23. The summed E-state index contributed by atoms with van der Waals surface area (Å²) in [5, 5.41) is 0.645. The van der Waals surface area contributed by atoms with Gasteiger partial charge in [-0.05, 0) is 36.4 Å². The van der Waals surface area contributed by atoms with Crippen LogP contribution in [-0.4, -0.2) is 17.1 Å². The molecule has 3 aromatic carbocycles. The van der Waals surface area contributed by atoms with E-state index in [0.29, 0.717) is 32.4 Å². The molecule has 0 aliphatic carbocycles. The number of rotatable bonds is 6. The number of imidazole rings is 1. The topological polar surface area (TPSA) is 47.1 Å². The Morgan fingerprint density at radius 2 is 1.94 bits per heavy atom. The lowest BCUT2D eigenvalue weighted by Gasteiger charge is -2.11. The molecule has 0 aliphatic heterocycles. The normalized spacial score (nSPS) is 10.5. The second-order valence-corrected chi connectivity index (χ2v) is 7.89. The Morgan fingerprint density at radius 3 is 2.68 bits per heavy atom. The first kappa shape index (κ1) is 23.1. The molecule has 0 atom stereocenters. The lowest BCUT2D eigenvalue weighted by molar-refractivity contribution is 0.297. The third-order valence-corrected chi connectivity index (χ3v) is 5.27. The van der Waals surface area contributed by atoms with Crippen LogP contribution < -0.4 is 9.47 Å². The minimum atomic E-state index is -0.320. The van der Waals surface area contributed by atoms with Gasteiger partial charge in [0.1, 0.15) is 29.7 Å². The van der Waals surface area contributed by atoms with E-state index in [1.165, 1.54) is 6.07 Å². The van der Waals surface area contributed by atoms with Crippen LogP contribution in [0.4, 0.5) is 4.39 Å². The van der Waals surface area contributed by atoms with E-state index in [4.69, 9.17) is 21.1 Å². The molecule has 0 fully saturated rings. The predicted molar refractivity (Wildman–Crippen MR) is 127 cm³/mol. The number of aromatic amines is 1. The maximum Gasteiger partial charge on any atom is 0.137 e. The molecular formula is C23H18BrCl2FN2O2. The molecule has 0 amide bonds. The zero-order valence-electron chi connectivity index (χ0n) is 16.4. The van der Waals surface area contributed by atoms with Crippen molar-refractivity contribution in [1.29, 1.82) is 0 Å². The summed E-state index contributed by atoms with van der Waals surface area (Å²) in [5.41, 5.74) is 3.00. The fourth-order valence-electron chi connectivity index (χ4n) is 3.02. The highest BCUT2D eigenvalue weighted by Crippen LogP contribution is 2.34. The van der Waals surface area contributed by atoms with E-state index >= 15 is 0 Å². The van der Waals surface area contributed by atoms with Crippen molar-refractivity contribution in [2.24, 2.45) is 0 Å². The van der Waals surface area contributed by atoms with Crippen LogP contribution >= 0.6 is 39.9 Å². The molecule has 160 valence electrons. The van der Waals surface area contributed by atoms with Crippen molar-refractivity contribution >= 4 is 39.9 Å². The van der Waals surface area contributed by atoms with Crippen molar-refractivity contribution < 1.29 is 13.9 Å². The molecule has 0 saturated heterocycles. The van der Waals surface area contributed by atoms with Gasteiger partial charge in [0.2, 0.25) is 0 Å². The van der Waals surface area contributed by atoms with Crippen molar-refractivity contribution in [3.63, 3.8) is 0 Å². The summed E-state index contributed by atoms with van der Waals surface area (Å²) in [7, 11) is 1.59. The number of methoxy groups -OCH3 is 1. The summed E-state index contributed by atoms with van der Waals surface area (Å²) in [5.74, 6) is 1.58. The first-order chi connectivity index (χ1) is 14.5. The van der Waals surface area contributed by atoms with Gasteiger partial charge in [-0.25, -0.2) is 9.37 Å². The lowest BCUT2D eigenvalue weighted by Crippen LogP contribution is -1.99. The van der Waals surface area contributed by atoms with Crippen molar-refractivity contribution in [2.75, 3.05) is 7.11 Å². The molecule has 0 spiro atoms. The predicted octanol–water partition coefficient (Wildman–Crippen LogP) is 7.31. The van der Waals surface area contributed by atoms with Gasteiger partial charge in [-0.15, -0.1) is 12.4 Å². The fourth-order valence-corrected chi connectivity index (χ4v) is 3.55. The summed E-state index contributed by atoms with van der Waals surface area (Å²) >= 11 is 9.32. The Labute approximate surface area is 198 Å². The van der Waals surface area contributed by atoms with E-state index in [2.05, 4.69) is 25.9 Å². The van der Waals surface area contributed by atoms with Crippen molar-refractivity contribution in [1.82, 2.24) is 9.97 Å². The van der Waals surface area contributed by atoms with E-state index in [1.807, 2.05) is 36.4 Å². The SMILES string of the molecule is COc1cc(OCc2ccc(Br)cc2F)ccc1-c1cnc(-c2cccc(Cl)c2)[nH]1.Cl. The monoisotopic (exact) mass is 522 g/mol. The van der Waals surface area contributed by atoms with Gasteiger partial charge in [-0.1, -0.05) is 45.7 Å². The van der Waals surface area contributed by atoms with Crippen LogP contribution in [0.2, 0.25) is 5.02 Å². The molecule has 31 heavy (non-hydrogen) atoms. The number of nitrogens with one attached hydrogen (secondary N) is 1. The molecule has 0 bridgehead atoms. The second kappa shape index (κ2) is 10.2. The van der Waals surface area contributed by atoms with E-state index in [-0.39, 0.29) is 24.8 Å². The van der Waals surface area contributed by atoms with Gasteiger partial charge in [0, 0.05) is 32.3 Å². The minimum absolute atomic E-state index is 0. The number of halogens is 4. The van der Waals surface area contributed by atoms with Crippen molar-refractivity contribution in [3.05, 3.63) is 87.7 Å². The summed E-state index contributed by atoms with van der Waals surface area (Å²) in [6, 6.07) is 17.8. The first-order valence-corrected chi connectivity index (χ1v) is 10.3. The fraction of sp³-hybridized carbons (Fsp3) is 0.0870. The summed E-state index contributed by atoms with van der Waals surface area (Å²) < 4.78 is 26.0. The van der Waals surface area contributed by atoms with Crippen molar-refractivity contribution in [2.45, 2.75) is 6.61 Å². The minimum Gasteiger partial charge on any atom is -0.496 e. The Morgan fingerprint density at radius 1 is 1.10 bits per heavy atom. The second-order valence-electron chi connectivity index (χ2n) is 6.54. The maximum absolute atomic E-state index is 14.0. The number of ether oxygens (including phenoxy) is 2. The highest BCUT2D eigenvalue weighted by molar-refractivity contribution is 9.10. The van der Waals surface area contributed by atoms with Gasteiger partial charge >= 0.3 is 0 Å². The highest BCUT2D eigenvalue weighted by Gasteiger charge is 2.12. The Hall–Kier alpha value is -2.54. The van der Waals surface area contributed by atoms with E-state index < -0.39 is 0 Å². The van der Waals surface area contributed by atoms with Crippen LogP contribution in [-0.2, 0) is 6.61 Å². The zero-order valence-corrected chi connectivity index (χ0v) is 19.5. The standard InChI is InChI=1S/C23H17BrClFN2O2.ClH/c1-29-22-11-18(30-13-15-5-6-16(24)10-20(15)26)7-8-19(22)21-12-27-23(28-21)14-3-2-4-17(25)9-14;/h2-12H,13H2,1H3,(H,27,28);1H. The number of aromatic nitrogens is 2. The maximum atomic E-state index is 14.0. The van der Waals surface area contributed by atoms with Crippen LogP contribution in [0.3, 0.4) is 0 Å². The molecule has 4 nitrogen and oxygen atoms in total. The molecule has 0 aliphatic rings. The van der Waals surface area contributed by atoms with E-state index in [1.54, 1.807) is 31.5 Å². The van der Waals surface area contributed by atoms with Crippen LogP contribution in [0, 0.1) is 5.82 Å². The van der Waals surface area contributed by atoms with Crippen molar-refractivity contribution in [3.8, 4) is 34.1 Å². The number of H-pyrrole nitrogens is 1. The number of benzene rings is 3. The first-order valence-electron chi connectivity index (χ1n) is 9.09. The number of nitrogens with zero attached hydrogens (tertiary/aromatic N) is 1. The van der Waals surface area contributed by atoms with Gasteiger partial charge < -0.3 is 14.5 Å². The molecule has 0 saturated carbocycles. The molecule has 1 heterocycles. The van der Waals surface area contributed by atoms with Gasteiger partial charge in [0.25, 0.3) is 0 Å². The van der Waals surface area contributed by atoms with Gasteiger partial charge in [0.15, 0.2) is 0 Å². The van der Waals surface area contributed by atoms with Gasteiger partial charge in [0.05, 0.1) is 19.0 Å². The number of hydrogen-bond donors (Lipinski definition) is 1. The van der Waals surface area contributed by atoms with Crippen LogP contribution in [0.25, 0.3) is 22.6 Å². The Balaban J connectivity index is 0.00000272. The number of hydrogen-bond acceptors (Lipinski definition) is 3. The largest absolute Gasteiger partial charge is 0.496 e. The quantitative estimate of drug-likeness (QED) is 0.288. The Bertz CT molecular complexity index is 1200. The van der Waals surface area contributed by atoms with Gasteiger partial charge in [-0.2, -0.15) is 0 Å². The van der Waals surface area contributed by atoms with Crippen LogP contribution in [0.15, 0.2) is 71.3 Å². The third kappa shape index (κ3) is 5.39.